The molecule has 442 valence electrons. The normalized spacial score (nSPS) is 19.0. The van der Waals surface area contributed by atoms with Gasteiger partial charge in [0.05, 0.1) is 48.1 Å². The van der Waals surface area contributed by atoms with E-state index >= 15 is 0 Å². The molecule has 8 aromatic rings. The fraction of sp³-hybridized carbons (Fsp3) is 0.345. The average molecular weight is 1270 g/mol. The molecule has 2 aliphatic rings. The van der Waals surface area contributed by atoms with Crippen LogP contribution in [0, 0.1) is 18.8 Å². The van der Waals surface area contributed by atoms with Crippen LogP contribution in [0.2, 0.25) is 0 Å². The molecule has 10 bridgehead atoms. The van der Waals surface area contributed by atoms with E-state index in [-0.39, 0.29) is 46.9 Å². The summed E-state index contributed by atoms with van der Waals surface area (Å²) in [6.45, 7) is 4.94. The Morgan fingerprint density at radius 2 is 1.40 bits per heavy atom. The van der Waals surface area contributed by atoms with Gasteiger partial charge in [-0.25, -0.2) is 39.7 Å². The highest BCUT2D eigenvalue weighted by Gasteiger charge is 2.34. The zero-order valence-corrected chi connectivity index (χ0v) is 50.9. The molecule has 0 radical (unpaired) electrons. The number of rotatable bonds is 11. The fourth-order valence-corrected chi connectivity index (χ4v) is 14.9. The minimum absolute atomic E-state index is 0.00207. The fourth-order valence-electron chi connectivity index (χ4n) is 9.35. The maximum absolute atomic E-state index is 14.3. The van der Waals surface area contributed by atoms with E-state index in [9.17, 15) is 43.8 Å². The number of aromatic nitrogens is 7. The molecule has 8 N–H and O–H groups in total. The number of fused-ring (bicyclic) bond motifs is 14. The number of ether oxygens (including phenoxy) is 2. The first-order valence-electron chi connectivity index (χ1n) is 26.6. The summed E-state index contributed by atoms with van der Waals surface area (Å²) in [4.78, 5) is 129. The Bertz CT molecular complexity index is 3790. The van der Waals surface area contributed by atoms with Crippen molar-refractivity contribution in [3.05, 3.63) is 111 Å². The van der Waals surface area contributed by atoms with Gasteiger partial charge in [-0.2, -0.15) is 0 Å². The second-order valence-electron chi connectivity index (χ2n) is 20.0. The number of nitrogens with zero attached hydrogens (tertiary/aromatic N) is 7. The van der Waals surface area contributed by atoms with E-state index in [2.05, 4.69) is 46.9 Å². The Kier molecular flexibility index (Phi) is 18.9. The Balaban J connectivity index is 1.02. The van der Waals surface area contributed by atoms with Gasteiger partial charge in [-0.3, -0.25) is 34.1 Å². The van der Waals surface area contributed by atoms with Crippen LogP contribution in [-0.4, -0.2) is 114 Å². The van der Waals surface area contributed by atoms with Gasteiger partial charge in [0.25, 0.3) is 17.7 Å². The summed E-state index contributed by atoms with van der Waals surface area (Å²) in [6, 6.07) is 9.42. The predicted molar refractivity (Wildman–Crippen MR) is 320 cm³/mol. The number of methoxy groups -OCH3 is 1. The zero-order chi connectivity index (χ0) is 60.1. The summed E-state index contributed by atoms with van der Waals surface area (Å²) in [7, 11) is 2.93. The number of carboxylic acids is 1. The van der Waals surface area contributed by atoms with E-state index in [1.54, 1.807) is 70.9 Å². The number of hydrogen-bond donors (Lipinski definition) is 8. The molecule has 85 heavy (non-hydrogen) atoms. The molecule has 1 saturated carbocycles. The largest absolute Gasteiger partial charge is 0.481 e. The molecule has 24 nitrogen and oxygen atoms in total. The van der Waals surface area contributed by atoms with Crippen LogP contribution in [0.3, 0.4) is 0 Å². The second-order valence-corrected chi connectivity index (χ2v) is 25.8. The van der Waals surface area contributed by atoms with Crippen LogP contribution in [0.1, 0.15) is 132 Å². The average Bonchev–Trinajstić information content (AvgIpc) is 4.56. The number of thiazole rings is 6. The van der Waals surface area contributed by atoms with E-state index in [1.165, 1.54) is 59.5 Å². The van der Waals surface area contributed by atoms with Crippen LogP contribution < -0.4 is 31.9 Å². The van der Waals surface area contributed by atoms with Gasteiger partial charge < -0.3 is 46.3 Å². The smallest absolute Gasteiger partial charge is 0.413 e. The van der Waals surface area contributed by atoms with Crippen molar-refractivity contribution in [2.45, 2.75) is 89.8 Å². The Morgan fingerprint density at radius 3 is 2.14 bits per heavy atom. The molecule has 30 heteroatoms. The summed E-state index contributed by atoms with van der Waals surface area (Å²) >= 11 is 7.11. The van der Waals surface area contributed by atoms with Gasteiger partial charge in [-0.15, -0.1) is 68.0 Å². The molecule has 8 heterocycles. The first-order chi connectivity index (χ1) is 40.9. The lowest BCUT2D eigenvalue weighted by Crippen LogP contribution is -2.40. The minimum Gasteiger partial charge on any atom is -0.481 e. The second kappa shape index (κ2) is 26.6. The molecule has 10 rings (SSSR count). The van der Waals surface area contributed by atoms with Crippen molar-refractivity contribution in [2.75, 3.05) is 26.0 Å². The lowest BCUT2D eigenvalue weighted by atomic mass is 9.87. The van der Waals surface area contributed by atoms with Crippen molar-refractivity contribution >= 4 is 115 Å². The maximum atomic E-state index is 14.3. The van der Waals surface area contributed by atoms with Crippen molar-refractivity contribution in [2.24, 2.45) is 11.8 Å². The van der Waals surface area contributed by atoms with Gasteiger partial charge in [-0.05, 0) is 56.2 Å². The number of amides is 6. The Labute approximate surface area is 509 Å². The van der Waals surface area contributed by atoms with Gasteiger partial charge >= 0.3 is 12.1 Å². The van der Waals surface area contributed by atoms with E-state index in [0.717, 1.165) is 22.7 Å². The summed E-state index contributed by atoms with van der Waals surface area (Å²) in [6.07, 6.45) is -1.01. The van der Waals surface area contributed by atoms with Gasteiger partial charge in [0.2, 0.25) is 11.8 Å². The summed E-state index contributed by atoms with van der Waals surface area (Å²) in [5.74, 6) is -4.29. The molecule has 1 unspecified atom stereocenters. The Morgan fingerprint density at radius 1 is 0.694 bits per heavy atom. The molecule has 7 aromatic heterocycles. The number of aliphatic carboxylic acids is 1. The molecular formula is C55H55N13O11S6. The molecule has 1 aliphatic heterocycles. The minimum atomic E-state index is -1.28. The maximum Gasteiger partial charge on any atom is 0.413 e. The van der Waals surface area contributed by atoms with Gasteiger partial charge in [-0.1, -0.05) is 44.2 Å². The molecule has 1 aromatic carbocycles. The summed E-state index contributed by atoms with van der Waals surface area (Å²) in [5, 5.41) is 47.1. The summed E-state index contributed by atoms with van der Waals surface area (Å²) in [5.41, 5.74) is 2.60. The first kappa shape index (κ1) is 60.3. The van der Waals surface area contributed by atoms with Crippen LogP contribution in [0.15, 0.2) is 64.0 Å². The van der Waals surface area contributed by atoms with E-state index in [4.69, 9.17) is 29.4 Å². The standard InChI is InChI=1S/C55H55N13O11S6/c1-24(2)39-53-68-42(35(85-53)19-78-5)46(73)57-18-38(70)65-43(44(71)26-9-7-6-8-10-26)52-62-34(22-82-52)50-60-32(20-81-50)41-29(15-16-30(58-41)49-63-36(23-83-49)64-55(77)79-28-13-11-27(12-14-28)54(75)76)48-61-33(21-80-48)45(72)59-31(17-37(69)56-4)51-67-40(25(3)84-51)47(74)66-39/h6-10,15-16,20-24,27-28,31,39,43-44,71H,11-14,17-19H2,1-5H3,(H,56,69)(H,57,73)(H,59,72)(H,64,77)(H,65,70)(H,66,74)(H,75,76)/t27?,28?,31-,39?,43-,44-/m0/s1. The molecule has 0 spiro atoms. The number of pyridine rings is 1. The van der Waals surface area contributed by atoms with Crippen molar-refractivity contribution < 1.29 is 53.2 Å². The van der Waals surface area contributed by atoms with Gasteiger partial charge in [0, 0.05) is 46.1 Å². The number of carbonyl (C=O) groups excluding carboxylic acids is 6. The molecular weight excluding hydrogens is 1210 g/mol. The number of anilines is 1. The van der Waals surface area contributed by atoms with Gasteiger partial charge in [0.15, 0.2) is 0 Å². The molecule has 1 aliphatic carbocycles. The highest BCUT2D eigenvalue weighted by atomic mass is 32.1. The van der Waals surface area contributed by atoms with E-state index in [0.29, 0.717) is 94.4 Å². The third-order valence-corrected chi connectivity index (χ3v) is 19.5. The molecule has 0 saturated heterocycles. The number of hydrogen-bond acceptors (Lipinski definition) is 23. The van der Waals surface area contributed by atoms with Crippen molar-refractivity contribution in [3.63, 3.8) is 0 Å². The SMILES string of the molecule is CNC(=O)C[C@@H]1NC(=O)c2csc(n2)-c2ccc(-c3nc(NC(=O)OC4CCC(C(=O)O)CC4)cs3)nc2-c2csc(n2)-c2csc(n2)[C@H]([C@@H](O)c2ccccc2)NC(=O)CNC(=O)c2nc(sc2COC)C(C(C)C)NC(=O)c2nc1sc2C. The van der Waals surface area contributed by atoms with Crippen LogP contribution in [0.4, 0.5) is 10.6 Å². The lowest BCUT2D eigenvalue weighted by molar-refractivity contribution is -0.143. The number of carbonyl (C=O) groups is 7. The highest BCUT2D eigenvalue weighted by Crippen LogP contribution is 2.40. The molecule has 1 fully saturated rings. The van der Waals surface area contributed by atoms with E-state index in [1.807, 2.05) is 13.8 Å². The number of nitrogens with one attached hydrogen (secondary N) is 6. The van der Waals surface area contributed by atoms with Crippen molar-refractivity contribution in [3.8, 4) is 43.4 Å². The van der Waals surface area contributed by atoms with Crippen LogP contribution in [-0.2, 0) is 30.5 Å². The quantitative estimate of drug-likeness (QED) is 0.0601. The third kappa shape index (κ3) is 14.0. The van der Waals surface area contributed by atoms with E-state index < -0.39 is 84.4 Å². The number of aliphatic hydroxyl groups is 1. The molecule has 4 atom stereocenters. The number of carboxylic acid groups (broad SMARTS) is 1. The molecule has 6 amide bonds. The highest BCUT2D eigenvalue weighted by molar-refractivity contribution is 7.15. The number of aryl methyl sites for hydroxylation is 1. The zero-order valence-electron chi connectivity index (χ0n) is 46.0. The predicted octanol–water partition coefficient (Wildman–Crippen LogP) is 8.50. The summed E-state index contributed by atoms with van der Waals surface area (Å²) < 4.78 is 11.1. The van der Waals surface area contributed by atoms with Crippen molar-refractivity contribution in [1.82, 2.24) is 61.5 Å². The van der Waals surface area contributed by atoms with Crippen LogP contribution >= 0.6 is 68.0 Å². The van der Waals surface area contributed by atoms with Crippen molar-refractivity contribution in [1.29, 1.82) is 0 Å². The topological polar surface area (TPSA) is 341 Å². The first-order valence-corrected chi connectivity index (χ1v) is 31.7. The number of aliphatic hydroxyl groups excluding tert-OH is 1. The monoisotopic (exact) mass is 1270 g/mol. The number of benzene rings is 1. The third-order valence-electron chi connectivity index (χ3n) is 13.8. The van der Waals surface area contributed by atoms with Crippen LogP contribution in [0.5, 0.6) is 0 Å². The van der Waals surface area contributed by atoms with Gasteiger partial charge in [0.1, 0.15) is 88.3 Å². The lowest BCUT2D eigenvalue weighted by Gasteiger charge is -2.25. The Hall–Kier alpha value is -7.84. The van der Waals surface area contributed by atoms with Crippen LogP contribution in [0.25, 0.3) is 43.4 Å².